The van der Waals surface area contributed by atoms with Gasteiger partial charge in [0.05, 0.1) is 12.2 Å². The molecule has 49 heavy (non-hydrogen) atoms. The summed E-state index contributed by atoms with van der Waals surface area (Å²) in [5.41, 5.74) is 0. The highest BCUT2D eigenvalue weighted by atomic mass is 16.8. The molecule has 0 aliphatic heterocycles. The fourth-order valence-corrected chi connectivity index (χ4v) is 8.19. The van der Waals surface area contributed by atoms with Gasteiger partial charge in [0.2, 0.25) is 0 Å². The Balaban J connectivity index is 5.14. The Morgan fingerprint density at radius 2 is 0.694 bits per heavy atom. The Hall–Kier alpha value is -0.200. The van der Waals surface area contributed by atoms with Gasteiger partial charge < -0.3 is 24.4 Å². The van der Waals surface area contributed by atoms with Gasteiger partial charge in [-0.1, -0.05) is 120 Å². The third-order valence-electron chi connectivity index (χ3n) is 10.4. The SMILES string of the molecule is CCCCCCCOC(CCCC(C)CC(C)CC(C)CC(C)O)OC(CCCC(C)CC(C)CC(C)CC(C)O)OCCCCCCC. The summed E-state index contributed by atoms with van der Waals surface area (Å²) in [7, 11) is 0. The monoisotopic (exact) mass is 699 g/mol. The molecule has 0 aliphatic rings. The van der Waals surface area contributed by atoms with Gasteiger partial charge in [0.1, 0.15) is 0 Å². The summed E-state index contributed by atoms with van der Waals surface area (Å²) in [6.07, 6.45) is 24.8. The quantitative estimate of drug-likeness (QED) is 0.0503. The van der Waals surface area contributed by atoms with E-state index >= 15 is 0 Å². The number of hydrogen-bond acceptors (Lipinski definition) is 5. The summed E-state index contributed by atoms with van der Waals surface area (Å²) in [5, 5.41) is 19.5. The van der Waals surface area contributed by atoms with Gasteiger partial charge in [-0.15, -0.1) is 0 Å². The molecule has 296 valence electrons. The van der Waals surface area contributed by atoms with Crippen molar-refractivity contribution in [2.24, 2.45) is 35.5 Å². The molecule has 0 spiro atoms. The lowest BCUT2D eigenvalue weighted by Gasteiger charge is -2.27. The highest BCUT2D eigenvalue weighted by Crippen LogP contribution is 2.28. The van der Waals surface area contributed by atoms with Gasteiger partial charge in [-0.25, -0.2) is 0 Å². The minimum absolute atomic E-state index is 0.195. The highest BCUT2D eigenvalue weighted by molar-refractivity contribution is 4.68. The average Bonchev–Trinajstić information content (AvgIpc) is 2.98. The molecule has 0 bridgehead atoms. The molecule has 0 rings (SSSR count). The normalized spacial score (nSPS) is 18.4. The van der Waals surface area contributed by atoms with Gasteiger partial charge in [0.15, 0.2) is 12.6 Å². The molecule has 0 aromatic rings. The van der Waals surface area contributed by atoms with E-state index in [0.717, 1.165) is 64.6 Å². The van der Waals surface area contributed by atoms with E-state index in [1.165, 1.54) is 89.9 Å². The zero-order valence-corrected chi connectivity index (χ0v) is 34.9. The Bertz CT molecular complexity index is 628. The van der Waals surface area contributed by atoms with Crippen molar-refractivity contribution in [2.45, 2.75) is 235 Å². The minimum Gasteiger partial charge on any atom is -0.393 e. The molecule has 5 heteroatoms. The van der Waals surface area contributed by atoms with Crippen LogP contribution in [0.15, 0.2) is 0 Å². The first-order chi connectivity index (χ1) is 23.4. The number of rotatable bonds is 36. The molecular weight excluding hydrogens is 608 g/mol. The van der Waals surface area contributed by atoms with Crippen molar-refractivity contribution < 1.29 is 24.4 Å². The fraction of sp³-hybridized carbons (Fsp3) is 1.00. The van der Waals surface area contributed by atoms with Gasteiger partial charge in [0, 0.05) is 13.2 Å². The lowest BCUT2D eigenvalue weighted by molar-refractivity contribution is -0.250. The Morgan fingerprint density at radius 1 is 0.367 bits per heavy atom. The summed E-state index contributed by atoms with van der Waals surface area (Å²) in [4.78, 5) is 0. The van der Waals surface area contributed by atoms with E-state index in [-0.39, 0.29) is 24.8 Å². The van der Waals surface area contributed by atoms with Crippen LogP contribution >= 0.6 is 0 Å². The standard InChI is InChI=1S/C44H90O5/c1-11-13-15-17-19-27-47-43(25-21-23-35(3)29-37(5)31-39(7)33-41(9)45)49-44(48-28-20-18-16-14-12-2)26-22-24-36(4)30-38(6)32-40(8)34-42(10)46/h35-46H,11-34H2,1-10H3. The van der Waals surface area contributed by atoms with E-state index in [4.69, 9.17) is 14.2 Å². The highest BCUT2D eigenvalue weighted by Gasteiger charge is 2.21. The van der Waals surface area contributed by atoms with Gasteiger partial charge >= 0.3 is 0 Å². The molecule has 0 saturated carbocycles. The predicted molar refractivity (Wildman–Crippen MR) is 212 cm³/mol. The van der Waals surface area contributed by atoms with Crippen LogP contribution in [0.25, 0.3) is 0 Å². The van der Waals surface area contributed by atoms with Crippen molar-refractivity contribution >= 4 is 0 Å². The van der Waals surface area contributed by atoms with Crippen LogP contribution in [0.1, 0.15) is 210 Å². The summed E-state index contributed by atoms with van der Waals surface area (Å²) in [6, 6.07) is 0. The van der Waals surface area contributed by atoms with Gasteiger partial charge in [-0.3, -0.25) is 0 Å². The maximum absolute atomic E-state index is 9.77. The summed E-state index contributed by atoms with van der Waals surface area (Å²) >= 11 is 0. The number of unbranched alkanes of at least 4 members (excludes halogenated alkanes) is 8. The van der Waals surface area contributed by atoms with E-state index in [2.05, 4.69) is 55.4 Å². The molecule has 0 radical (unpaired) electrons. The molecular formula is C44H90O5. The van der Waals surface area contributed by atoms with Crippen LogP contribution in [0.4, 0.5) is 0 Å². The van der Waals surface area contributed by atoms with Crippen molar-refractivity contribution in [1.29, 1.82) is 0 Å². The molecule has 0 heterocycles. The maximum Gasteiger partial charge on any atom is 0.160 e. The average molecular weight is 699 g/mol. The van der Waals surface area contributed by atoms with Crippen molar-refractivity contribution in [3.05, 3.63) is 0 Å². The second-order valence-electron chi connectivity index (χ2n) is 17.2. The van der Waals surface area contributed by atoms with Gasteiger partial charge in [-0.2, -0.15) is 0 Å². The lowest BCUT2D eigenvalue weighted by Crippen LogP contribution is -2.28. The number of aliphatic hydroxyl groups is 2. The Labute approximate surface area is 307 Å². The molecule has 5 nitrogen and oxygen atoms in total. The molecule has 0 saturated heterocycles. The number of aliphatic hydroxyl groups excluding tert-OH is 2. The molecule has 10 atom stereocenters. The largest absolute Gasteiger partial charge is 0.393 e. The van der Waals surface area contributed by atoms with E-state index in [1.807, 2.05) is 13.8 Å². The van der Waals surface area contributed by atoms with Crippen LogP contribution in [0.5, 0.6) is 0 Å². The first-order valence-electron chi connectivity index (χ1n) is 21.6. The third kappa shape index (κ3) is 32.2. The lowest BCUT2D eigenvalue weighted by atomic mass is 9.86. The van der Waals surface area contributed by atoms with Crippen LogP contribution in [0.2, 0.25) is 0 Å². The molecule has 0 amide bonds. The van der Waals surface area contributed by atoms with E-state index in [9.17, 15) is 10.2 Å². The van der Waals surface area contributed by atoms with Gasteiger partial charge in [-0.05, 0) is 126 Å². The third-order valence-corrected chi connectivity index (χ3v) is 10.4. The maximum atomic E-state index is 9.77. The smallest absolute Gasteiger partial charge is 0.160 e. The van der Waals surface area contributed by atoms with Crippen molar-refractivity contribution in [3.8, 4) is 0 Å². The molecule has 0 aromatic heterocycles. The molecule has 0 fully saturated rings. The van der Waals surface area contributed by atoms with Gasteiger partial charge in [0.25, 0.3) is 0 Å². The van der Waals surface area contributed by atoms with E-state index in [1.54, 1.807) is 0 Å². The first-order valence-corrected chi connectivity index (χ1v) is 21.6. The number of ether oxygens (including phenoxy) is 3. The van der Waals surface area contributed by atoms with E-state index < -0.39 is 0 Å². The summed E-state index contributed by atoms with van der Waals surface area (Å²) < 4.78 is 19.6. The molecule has 0 aliphatic carbocycles. The van der Waals surface area contributed by atoms with Crippen molar-refractivity contribution in [1.82, 2.24) is 0 Å². The van der Waals surface area contributed by atoms with Crippen LogP contribution in [-0.4, -0.2) is 48.2 Å². The van der Waals surface area contributed by atoms with Crippen LogP contribution in [-0.2, 0) is 14.2 Å². The fourth-order valence-electron chi connectivity index (χ4n) is 8.19. The molecule has 0 aromatic carbocycles. The van der Waals surface area contributed by atoms with Crippen LogP contribution in [0.3, 0.4) is 0 Å². The topological polar surface area (TPSA) is 68.2 Å². The van der Waals surface area contributed by atoms with Crippen LogP contribution in [0, 0.1) is 35.5 Å². The second-order valence-corrected chi connectivity index (χ2v) is 17.2. The first kappa shape index (κ1) is 48.8. The minimum atomic E-state index is -0.204. The second kappa shape index (κ2) is 32.5. The summed E-state index contributed by atoms with van der Waals surface area (Å²) in [6.45, 7) is 24.0. The summed E-state index contributed by atoms with van der Waals surface area (Å²) in [5.74, 6) is 3.87. The van der Waals surface area contributed by atoms with E-state index in [0.29, 0.717) is 35.5 Å². The predicted octanol–water partition coefficient (Wildman–Crippen LogP) is 12.9. The van der Waals surface area contributed by atoms with Crippen LogP contribution < -0.4 is 0 Å². The Kier molecular flexibility index (Phi) is 32.3. The molecule has 2 N–H and O–H groups in total. The molecule has 10 unspecified atom stereocenters. The van der Waals surface area contributed by atoms with Crippen molar-refractivity contribution in [2.75, 3.05) is 13.2 Å². The zero-order chi connectivity index (χ0) is 36.9. The van der Waals surface area contributed by atoms with Crippen molar-refractivity contribution in [3.63, 3.8) is 0 Å². The zero-order valence-electron chi connectivity index (χ0n) is 34.9. The Morgan fingerprint density at radius 3 is 1.04 bits per heavy atom. The number of hydrogen-bond donors (Lipinski definition) is 2.